The molecular weight excluding hydrogens is 217 g/mol. The van der Waals surface area contributed by atoms with Gasteiger partial charge in [-0.3, -0.25) is 0 Å². The topological polar surface area (TPSA) is 32.3 Å². The van der Waals surface area contributed by atoms with Gasteiger partial charge >= 0.3 is 0 Å². The van der Waals surface area contributed by atoms with E-state index in [1.54, 1.807) is 13.0 Å². The summed E-state index contributed by atoms with van der Waals surface area (Å²) in [4.78, 5) is 0. The molecule has 1 rings (SSSR count). The van der Waals surface area contributed by atoms with Gasteiger partial charge in [-0.1, -0.05) is 19.9 Å². The van der Waals surface area contributed by atoms with Gasteiger partial charge in [-0.25, -0.2) is 4.39 Å². The highest BCUT2D eigenvalue weighted by atomic mass is 19.1. The van der Waals surface area contributed by atoms with Crippen molar-refractivity contribution in [3.8, 4) is 0 Å². The minimum Gasteiger partial charge on any atom is -0.385 e. The average molecular weight is 239 g/mol. The lowest BCUT2D eigenvalue weighted by Gasteiger charge is -2.26. The lowest BCUT2D eigenvalue weighted by molar-refractivity contribution is 0.0468. The highest BCUT2D eigenvalue weighted by Gasteiger charge is 2.24. The fraction of sp³-hybridized carbons (Fsp3) is 0.571. The maximum atomic E-state index is 13.0. The molecular formula is C14H22FNO. The van der Waals surface area contributed by atoms with Crippen molar-refractivity contribution in [1.82, 2.24) is 5.32 Å². The summed E-state index contributed by atoms with van der Waals surface area (Å²) in [6, 6.07) is 4.92. The lowest BCUT2D eigenvalue weighted by Crippen LogP contribution is -2.31. The molecule has 0 radical (unpaired) electrons. The zero-order valence-corrected chi connectivity index (χ0v) is 11.0. The summed E-state index contributed by atoms with van der Waals surface area (Å²) in [5.41, 5.74) is 0.670. The number of nitrogens with one attached hydrogen (secondary N) is 1. The minimum absolute atomic E-state index is 0.262. The van der Waals surface area contributed by atoms with E-state index >= 15 is 0 Å². The van der Waals surface area contributed by atoms with E-state index in [0.29, 0.717) is 12.5 Å². The van der Waals surface area contributed by atoms with E-state index in [9.17, 15) is 9.50 Å². The Morgan fingerprint density at radius 3 is 2.59 bits per heavy atom. The quantitative estimate of drug-likeness (QED) is 0.828. The van der Waals surface area contributed by atoms with Crippen molar-refractivity contribution in [1.29, 1.82) is 0 Å². The zero-order chi connectivity index (χ0) is 13.1. The van der Waals surface area contributed by atoms with Crippen molar-refractivity contribution in [2.75, 3.05) is 6.54 Å². The second kappa shape index (κ2) is 5.61. The molecule has 0 aliphatic rings. The van der Waals surface area contributed by atoms with E-state index < -0.39 is 5.60 Å². The first-order valence-corrected chi connectivity index (χ1v) is 6.05. The summed E-state index contributed by atoms with van der Waals surface area (Å²) in [5.74, 6) is -0.262. The Bertz CT molecular complexity index is 374. The Morgan fingerprint density at radius 1 is 1.41 bits per heavy atom. The first kappa shape index (κ1) is 14.1. The number of benzene rings is 1. The molecule has 1 aromatic rings. The first-order valence-electron chi connectivity index (χ1n) is 6.05. The molecule has 2 N–H and O–H groups in total. The van der Waals surface area contributed by atoms with Gasteiger partial charge in [-0.2, -0.15) is 0 Å². The molecule has 1 aromatic carbocycles. The van der Waals surface area contributed by atoms with Crippen LogP contribution >= 0.6 is 0 Å². The fourth-order valence-electron chi connectivity index (χ4n) is 1.97. The van der Waals surface area contributed by atoms with Gasteiger partial charge in [0.1, 0.15) is 5.82 Å². The summed E-state index contributed by atoms with van der Waals surface area (Å²) in [6.45, 7) is 8.47. The monoisotopic (exact) mass is 239 g/mol. The van der Waals surface area contributed by atoms with Crippen LogP contribution in [0.1, 0.15) is 38.3 Å². The smallest absolute Gasteiger partial charge is 0.123 e. The first-order chi connectivity index (χ1) is 7.83. The third kappa shape index (κ3) is 4.10. The molecule has 0 amide bonds. The third-order valence-electron chi connectivity index (χ3n) is 2.93. The Labute approximate surface area is 103 Å². The molecule has 1 unspecified atom stereocenters. The number of hydrogen-bond donors (Lipinski definition) is 2. The summed E-state index contributed by atoms with van der Waals surface area (Å²) in [5, 5.41) is 13.7. The molecule has 0 fully saturated rings. The summed E-state index contributed by atoms with van der Waals surface area (Å²) >= 11 is 0. The summed E-state index contributed by atoms with van der Waals surface area (Å²) in [6.07, 6.45) is 0.609. The van der Waals surface area contributed by atoms with Crippen LogP contribution in [0, 0.1) is 12.7 Å². The van der Waals surface area contributed by atoms with Gasteiger partial charge < -0.3 is 10.4 Å². The maximum absolute atomic E-state index is 13.0. The Hall–Kier alpha value is -0.930. The molecule has 0 saturated carbocycles. The van der Waals surface area contributed by atoms with Gasteiger partial charge in [0.25, 0.3) is 0 Å². The van der Waals surface area contributed by atoms with Crippen LogP contribution in [0.15, 0.2) is 18.2 Å². The Kier molecular flexibility index (Phi) is 4.66. The molecule has 0 aliphatic heterocycles. The predicted octanol–water partition coefficient (Wildman–Crippen LogP) is 2.73. The van der Waals surface area contributed by atoms with Gasteiger partial charge in [-0.05, 0) is 50.1 Å². The normalized spacial score (nSPS) is 15.0. The minimum atomic E-state index is -0.917. The molecule has 0 heterocycles. The lowest BCUT2D eigenvalue weighted by atomic mass is 9.89. The van der Waals surface area contributed by atoms with Crippen LogP contribution in [0.25, 0.3) is 0 Å². The molecule has 0 spiro atoms. The predicted molar refractivity (Wildman–Crippen MR) is 68.5 cm³/mol. The van der Waals surface area contributed by atoms with Crippen LogP contribution in [0.4, 0.5) is 4.39 Å². The molecule has 0 saturated heterocycles. The number of halogens is 1. The SMILES string of the molecule is Cc1cc(F)ccc1C(C)(O)CCNC(C)C. The standard InChI is InChI=1S/C14H22FNO/c1-10(2)16-8-7-14(4,17)13-6-5-12(15)9-11(13)3/h5-6,9-10,16-17H,7-8H2,1-4H3. The van der Waals surface area contributed by atoms with E-state index in [-0.39, 0.29) is 5.82 Å². The molecule has 1 atom stereocenters. The van der Waals surface area contributed by atoms with E-state index in [4.69, 9.17) is 0 Å². The molecule has 0 aromatic heterocycles. The molecule has 0 bridgehead atoms. The molecule has 0 aliphatic carbocycles. The number of aryl methyl sites for hydroxylation is 1. The van der Waals surface area contributed by atoms with Crippen LogP contribution in [-0.4, -0.2) is 17.7 Å². The highest BCUT2D eigenvalue weighted by molar-refractivity contribution is 5.31. The number of hydrogen-bond acceptors (Lipinski definition) is 2. The van der Waals surface area contributed by atoms with Crippen molar-refractivity contribution in [2.45, 2.75) is 45.8 Å². The highest BCUT2D eigenvalue weighted by Crippen LogP contribution is 2.27. The molecule has 96 valence electrons. The summed E-state index contributed by atoms with van der Waals surface area (Å²) < 4.78 is 13.0. The third-order valence-corrected chi connectivity index (χ3v) is 2.93. The van der Waals surface area contributed by atoms with E-state index in [0.717, 1.165) is 17.7 Å². The summed E-state index contributed by atoms with van der Waals surface area (Å²) in [7, 11) is 0. The van der Waals surface area contributed by atoms with Crippen molar-refractivity contribution >= 4 is 0 Å². The van der Waals surface area contributed by atoms with Crippen LogP contribution < -0.4 is 5.32 Å². The number of aliphatic hydroxyl groups is 1. The van der Waals surface area contributed by atoms with Gasteiger partial charge in [0.2, 0.25) is 0 Å². The van der Waals surface area contributed by atoms with E-state index in [1.807, 2.05) is 6.92 Å². The largest absolute Gasteiger partial charge is 0.385 e. The van der Waals surface area contributed by atoms with Gasteiger partial charge in [0.05, 0.1) is 5.60 Å². The molecule has 17 heavy (non-hydrogen) atoms. The maximum Gasteiger partial charge on any atom is 0.123 e. The van der Waals surface area contributed by atoms with Crippen molar-refractivity contribution in [3.05, 3.63) is 35.1 Å². The second-order valence-electron chi connectivity index (χ2n) is 5.09. The van der Waals surface area contributed by atoms with Gasteiger partial charge in [0.15, 0.2) is 0 Å². The number of rotatable bonds is 5. The van der Waals surface area contributed by atoms with Crippen molar-refractivity contribution in [2.24, 2.45) is 0 Å². The van der Waals surface area contributed by atoms with Crippen LogP contribution in [-0.2, 0) is 5.60 Å². The second-order valence-corrected chi connectivity index (χ2v) is 5.09. The Balaban J connectivity index is 2.74. The molecule has 2 nitrogen and oxygen atoms in total. The van der Waals surface area contributed by atoms with E-state index in [2.05, 4.69) is 19.2 Å². The fourth-order valence-corrected chi connectivity index (χ4v) is 1.97. The van der Waals surface area contributed by atoms with Crippen molar-refractivity contribution in [3.63, 3.8) is 0 Å². The molecule has 3 heteroatoms. The van der Waals surface area contributed by atoms with Crippen LogP contribution in [0.3, 0.4) is 0 Å². The Morgan fingerprint density at radius 2 is 2.06 bits per heavy atom. The van der Waals surface area contributed by atoms with Crippen LogP contribution in [0.5, 0.6) is 0 Å². The van der Waals surface area contributed by atoms with Crippen LogP contribution in [0.2, 0.25) is 0 Å². The van der Waals surface area contributed by atoms with E-state index in [1.165, 1.54) is 12.1 Å². The van der Waals surface area contributed by atoms with Gasteiger partial charge in [0, 0.05) is 6.04 Å². The van der Waals surface area contributed by atoms with Gasteiger partial charge in [-0.15, -0.1) is 0 Å². The zero-order valence-electron chi connectivity index (χ0n) is 11.0. The average Bonchev–Trinajstić information content (AvgIpc) is 2.15. The van der Waals surface area contributed by atoms with Crippen molar-refractivity contribution < 1.29 is 9.50 Å².